The first-order valence-electron chi connectivity index (χ1n) is 4.24. The van der Waals surface area contributed by atoms with Gasteiger partial charge < -0.3 is 5.73 Å². The minimum Gasteiger partial charge on any atom is -0.384 e. The van der Waals surface area contributed by atoms with Crippen LogP contribution in [0.4, 0.5) is 10.2 Å². The molecule has 72 valence electrons. The standard InChI is InChI=1S/C10H10FN3/c1-6-2-3-7(8(11)4-6)9-5-10(12)14-13-9/h2-5H,1H3,(H3,12,13,14). The molecular weight excluding hydrogens is 181 g/mol. The number of nitrogens with one attached hydrogen (secondary N) is 1. The van der Waals surface area contributed by atoms with E-state index in [-0.39, 0.29) is 5.82 Å². The van der Waals surface area contributed by atoms with E-state index in [1.807, 2.05) is 13.0 Å². The maximum absolute atomic E-state index is 13.5. The average molecular weight is 191 g/mol. The van der Waals surface area contributed by atoms with Crippen LogP contribution >= 0.6 is 0 Å². The van der Waals surface area contributed by atoms with Gasteiger partial charge in [-0.15, -0.1) is 0 Å². The molecule has 14 heavy (non-hydrogen) atoms. The number of hydrogen-bond acceptors (Lipinski definition) is 2. The summed E-state index contributed by atoms with van der Waals surface area (Å²) in [4.78, 5) is 0. The molecule has 0 saturated carbocycles. The van der Waals surface area contributed by atoms with Gasteiger partial charge in [0.2, 0.25) is 0 Å². The van der Waals surface area contributed by atoms with Gasteiger partial charge in [-0.3, -0.25) is 5.10 Å². The number of H-pyrrole nitrogens is 1. The van der Waals surface area contributed by atoms with Crippen molar-refractivity contribution in [2.24, 2.45) is 0 Å². The van der Waals surface area contributed by atoms with Gasteiger partial charge in [-0.25, -0.2) is 4.39 Å². The summed E-state index contributed by atoms with van der Waals surface area (Å²) in [5, 5.41) is 6.46. The zero-order valence-corrected chi connectivity index (χ0v) is 7.71. The van der Waals surface area contributed by atoms with E-state index in [4.69, 9.17) is 5.73 Å². The molecule has 0 aliphatic rings. The quantitative estimate of drug-likeness (QED) is 0.725. The lowest BCUT2D eigenvalue weighted by atomic mass is 10.1. The Hall–Kier alpha value is -1.84. The molecule has 0 saturated heterocycles. The summed E-state index contributed by atoms with van der Waals surface area (Å²) in [6, 6.07) is 6.61. The van der Waals surface area contributed by atoms with Crippen molar-refractivity contribution in [3.05, 3.63) is 35.6 Å². The van der Waals surface area contributed by atoms with Gasteiger partial charge in [-0.05, 0) is 24.6 Å². The van der Waals surface area contributed by atoms with Crippen LogP contribution in [0, 0.1) is 12.7 Å². The topological polar surface area (TPSA) is 54.7 Å². The Labute approximate surface area is 80.8 Å². The first kappa shape index (κ1) is 8.74. The lowest BCUT2D eigenvalue weighted by Gasteiger charge is -1.99. The van der Waals surface area contributed by atoms with Crippen molar-refractivity contribution in [1.82, 2.24) is 10.2 Å². The molecule has 1 aromatic heterocycles. The van der Waals surface area contributed by atoms with Crippen molar-refractivity contribution >= 4 is 5.82 Å². The summed E-state index contributed by atoms with van der Waals surface area (Å²) in [6.07, 6.45) is 0. The second-order valence-corrected chi connectivity index (χ2v) is 3.19. The molecule has 0 radical (unpaired) electrons. The summed E-state index contributed by atoms with van der Waals surface area (Å²) in [7, 11) is 0. The van der Waals surface area contributed by atoms with Crippen LogP contribution in [0.15, 0.2) is 24.3 Å². The smallest absolute Gasteiger partial charge is 0.132 e. The Bertz CT molecular complexity index is 462. The lowest BCUT2D eigenvalue weighted by molar-refractivity contribution is 0.629. The van der Waals surface area contributed by atoms with Crippen molar-refractivity contribution in [2.75, 3.05) is 5.73 Å². The van der Waals surface area contributed by atoms with Gasteiger partial charge in [-0.1, -0.05) is 6.07 Å². The van der Waals surface area contributed by atoms with Gasteiger partial charge in [0, 0.05) is 11.6 Å². The second kappa shape index (κ2) is 3.14. The molecule has 0 amide bonds. The summed E-state index contributed by atoms with van der Waals surface area (Å²) >= 11 is 0. The van der Waals surface area contributed by atoms with E-state index in [0.29, 0.717) is 17.1 Å². The summed E-state index contributed by atoms with van der Waals surface area (Å²) in [5.41, 5.74) is 7.33. The number of aryl methyl sites for hydroxylation is 1. The minimum absolute atomic E-state index is 0.281. The molecule has 0 spiro atoms. The maximum Gasteiger partial charge on any atom is 0.132 e. The number of nitrogens with two attached hydrogens (primary N) is 1. The van der Waals surface area contributed by atoms with Crippen LogP contribution in [0.5, 0.6) is 0 Å². The van der Waals surface area contributed by atoms with Crippen LogP contribution in [-0.2, 0) is 0 Å². The van der Waals surface area contributed by atoms with Crippen molar-refractivity contribution in [3.63, 3.8) is 0 Å². The number of halogens is 1. The average Bonchev–Trinajstić information content (AvgIpc) is 2.51. The third-order valence-electron chi connectivity index (χ3n) is 2.00. The maximum atomic E-state index is 13.5. The zero-order valence-electron chi connectivity index (χ0n) is 7.71. The molecule has 3 N–H and O–H groups in total. The molecule has 0 fully saturated rings. The molecule has 0 aliphatic heterocycles. The number of aromatic nitrogens is 2. The van der Waals surface area contributed by atoms with Crippen molar-refractivity contribution < 1.29 is 4.39 Å². The fourth-order valence-electron chi connectivity index (χ4n) is 1.30. The fourth-order valence-corrected chi connectivity index (χ4v) is 1.30. The van der Waals surface area contributed by atoms with Crippen LogP contribution in [0.2, 0.25) is 0 Å². The highest BCUT2D eigenvalue weighted by Gasteiger charge is 2.07. The normalized spacial score (nSPS) is 10.4. The van der Waals surface area contributed by atoms with Gasteiger partial charge in [0.05, 0.1) is 5.69 Å². The molecule has 0 unspecified atom stereocenters. The van der Waals surface area contributed by atoms with Crippen molar-refractivity contribution in [2.45, 2.75) is 6.92 Å². The summed E-state index contributed by atoms with van der Waals surface area (Å²) < 4.78 is 13.5. The predicted molar refractivity (Wildman–Crippen MR) is 53.1 cm³/mol. The summed E-state index contributed by atoms with van der Waals surface area (Å²) in [5.74, 6) is 0.150. The number of benzene rings is 1. The van der Waals surface area contributed by atoms with Crippen molar-refractivity contribution in [1.29, 1.82) is 0 Å². The summed E-state index contributed by atoms with van der Waals surface area (Å²) in [6.45, 7) is 1.84. The van der Waals surface area contributed by atoms with Crippen LogP contribution in [0.1, 0.15) is 5.56 Å². The molecule has 3 nitrogen and oxygen atoms in total. The SMILES string of the molecule is Cc1ccc(-c2cc(N)[nH]n2)c(F)c1. The Morgan fingerprint density at radius 3 is 2.71 bits per heavy atom. The molecule has 1 heterocycles. The van der Waals surface area contributed by atoms with Gasteiger partial charge in [0.15, 0.2) is 0 Å². The van der Waals surface area contributed by atoms with E-state index in [0.717, 1.165) is 5.56 Å². The largest absolute Gasteiger partial charge is 0.384 e. The number of rotatable bonds is 1. The molecule has 1 aromatic carbocycles. The van der Waals surface area contributed by atoms with Gasteiger partial charge in [-0.2, -0.15) is 5.10 Å². The van der Waals surface area contributed by atoms with E-state index in [1.165, 1.54) is 6.07 Å². The van der Waals surface area contributed by atoms with Crippen LogP contribution in [0.3, 0.4) is 0 Å². The van der Waals surface area contributed by atoms with Crippen molar-refractivity contribution in [3.8, 4) is 11.3 Å². The van der Waals surface area contributed by atoms with Crippen LogP contribution < -0.4 is 5.73 Å². The third-order valence-corrected chi connectivity index (χ3v) is 2.00. The van der Waals surface area contributed by atoms with E-state index in [1.54, 1.807) is 12.1 Å². The first-order valence-corrected chi connectivity index (χ1v) is 4.24. The highest BCUT2D eigenvalue weighted by molar-refractivity contribution is 5.62. The van der Waals surface area contributed by atoms with E-state index in [2.05, 4.69) is 10.2 Å². The number of anilines is 1. The predicted octanol–water partition coefficient (Wildman–Crippen LogP) is 2.11. The highest BCUT2D eigenvalue weighted by Crippen LogP contribution is 2.22. The molecule has 2 rings (SSSR count). The molecule has 0 atom stereocenters. The number of nitrogens with zero attached hydrogens (tertiary/aromatic N) is 1. The third kappa shape index (κ3) is 1.46. The van der Waals surface area contributed by atoms with Crippen LogP contribution in [0.25, 0.3) is 11.3 Å². The molecule has 0 aliphatic carbocycles. The molecule has 4 heteroatoms. The van der Waals surface area contributed by atoms with E-state index in [9.17, 15) is 4.39 Å². The molecular formula is C10H10FN3. The van der Waals surface area contributed by atoms with E-state index < -0.39 is 0 Å². The Morgan fingerprint density at radius 1 is 1.36 bits per heavy atom. The Balaban J connectivity index is 2.52. The Kier molecular flexibility index (Phi) is 1.96. The number of nitrogen functional groups attached to an aromatic ring is 1. The molecule has 0 bridgehead atoms. The van der Waals surface area contributed by atoms with Gasteiger partial charge >= 0.3 is 0 Å². The van der Waals surface area contributed by atoms with Gasteiger partial charge in [0.1, 0.15) is 11.6 Å². The van der Waals surface area contributed by atoms with E-state index >= 15 is 0 Å². The number of aromatic amines is 1. The zero-order chi connectivity index (χ0) is 10.1. The monoisotopic (exact) mass is 191 g/mol. The second-order valence-electron chi connectivity index (χ2n) is 3.19. The highest BCUT2D eigenvalue weighted by atomic mass is 19.1. The van der Waals surface area contributed by atoms with Crippen LogP contribution in [-0.4, -0.2) is 10.2 Å². The molecule has 2 aromatic rings. The van der Waals surface area contributed by atoms with Gasteiger partial charge in [0.25, 0.3) is 0 Å². The number of hydrogen-bond donors (Lipinski definition) is 2. The first-order chi connectivity index (χ1) is 6.66. The Morgan fingerprint density at radius 2 is 2.14 bits per heavy atom. The minimum atomic E-state index is -0.281. The lowest BCUT2D eigenvalue weighted by Crippen LogP contribution is -1.85. The fraction of sp³-hybridized carbons (Fsp3) is 0.100.